The summed E-state index contributed by atoms with van der Waals surface area (Å²) in [5.74, 6) is 0.963. The number of hydrogen-bond donors (Lipinski definition) is 0. The second-order valence-corrected chi connectivity index (χ2v) is 7.86. The largest absolute Gasteiger partial charge is 0.494 e. The number of fused-ring (bicyclic) bond motifs is 1. The Morgan fingerprint density at radius 3 is 2.79 bits per heavy atom. The summed E-state index contributed by atoms with van der Waals surface area (Å²) in [7, 11) is 1.70. The molecular weight excluding hydrogens is 352 g/mol. The molecule has 2 aliphatic rings. The highest BCUT2D eigenvalue weighted by Gasteiger charge is 2.33. The molecule has 1 aromatic heterocycles. The van der Waals surface area contributed by atoms with Gasteiger partial charge in [-0.15, -0.1) is 0 Å². The number of methoxy groups -OCH3 is 1. The third-order valence-electron chi connectivity index (χ3n) is 5.79. The van der Waals surface area contributed by atoms with Gasteiger partial charge in [-0.25, -0.2) is 4.68 Å². The van der Waals surface area contributed by atoms with Gasteiger partial charge in [0.2, 0.25) is 5.91 Å². The van der Waals surface area contributed by atoms with Crippen LogP contribution in [0.3, 0.4) is 0 Å². The van der Waals surface area contributed by atoms with E-state index in [1.165, 1.54) is 11.3 Å². The van der Waals surface area contributed by atoms with Crippen LogP contribution in [0.5, 0.6) is 5.75 Å². The van der Waals surface area contributed by atoms with E-state index in [0.717, 1.165) is 62.4 Å². The van der Waals surface area contributed by atoms with Crippen molar-refractivity contribution < 1.29 is 9.53 Å². The fourth-order valence-electron chi connectivity index (χ4n) is 4.23. The standard InChI is InChI=1S/C22H30N4O2/c1-4-12-24-13-11-20-18(14-24)19(15-25(16(2)27)17-9-10-17)23-26(20)21-7-5-6-8-22(21)28-3/h5-8,17H,4,9-15H2,1-3H3. The van der Waals surface area contributed by atoms with Crippen LogP contribution in [0.25, 0.3) is 5.69 Å². The first kappa shape index (κ1) is 19.0. The van der Waals surface area contributed by atoms with Gasteiger partial charge >= 0.3 is 0 Å². The maximum Gasteiger partial charge on any atom is 0.220 e. The molecule has 0 spiro atoms. The van der Waals surface area contributed by atoms with Crippen LogP contribution >= 0.6 is 0 Å². The SMILES string of the molecule is CCCN1CCc2c(c(CN(C(C)=O)C3CC3)nn2-c2ccccc2OC)C1. The van der Waals surface area contributed by atoms with Crippen molar-refractivity contribution in [1.82, 2.24) is 19.6 Å². The first-order valence-corrected chi connectivity index (χ1v) is 10.3. The summed E-state index contributed by atoms with van der Waals surface area (Å²) >= 11 is 0. The average molecular weight is 383 g/mol. The Morgan fingerprint density at radius 1 is 1.32 bits per heavy atom. The number of ether oxygens (including phenoxy) is 1. The number of benzene rings is 1. The van der Waals surface area contributed by atoms with Gasteiger partial charge in [0.1, 0.15) is 11.4 Å². The molecule has 0 bridgehead atoms. The number of para-hydroxylation sites is 2. The lowest BCUT2D eigenvalue weighted by Crippen LogP contribution is -2.33. The molecule has 1 aliphatic heterocycles. The van der Waals surface area contributed by atoms with Crippen LogP contribution in [-0.2, 0) is 24.3 Å². The molecule has 0 unspecified atom stereocenters. The summed E-state index contributed by atoms with van der Waals surface area (Å²) in [5.41, 5.74) is 4.55. The Hall–Kier alpha value is -2.34. The van der Waals surface area contributed by atoms with E-state index in [-0.39, 0.29) is 5.91 Å². The fourth-order valence-corrected chi connectivity index (χ4v) is 4.23. The molecule has 0 atom stereocenters. The third-order valence-corrected chi connectivity index (χ3v) is 5.79. The van der Waals surface area contributed by atoms with Gasteiger partial charge in [-0.3, -0.25) is 9.69 Å². The summed E-state index contributed by atoms with van der Waals surface area (Å²) in [6, 6.07) is 8.41. The van der Waals surface area contributed by atoms with Gasteiger partial charge in [-0.2, -0.15) is 5.10 Å². The van der Waals surface area contributed by atoms with Gasteiger partial charge < -0.3 is 9.64 Å². The quantitative estimate of drug-likeness (QED) is 0.738. The molecule has 0 radical (unpaired) electrons. The minimum absolute atomic E-state index is 0.143. The van der Waals surface area contributed by atoms with Gasteiger partial charge in [0.15, 0.2) is 0 Å². The van der Waals surface area contributed by atoms with Crippen LogP contribution < -0.4 is 4.74 Å². The number of aromatic nitrogens is 2. The zero-order valence-electron chi connectivity index (χ0n) is 17.1. The molecule has 1 fully saturated rings. The summed E-state index contributed by atoms with van der Waals surface area (Å²) in [6.07, 6.45) is 4.32. The smallest absolute Gasteiger partial charge is 0.220 e. The van der Waals surface area contributed by atoms with E-state index in [1.807, 2.05) is 23.1 Å². The summed E-state index contributed by atoms with van der Waals surface area (Å²) < 4.78 is 7.65. The van der Waals surface area contributed by atoms with Crippen molar-refractivity contribution in [3.8, 4) is 11.4 Å². The third kappa shape index (κ3) is 3.65. The highest BCUT2D eigenvalue weighted by molar-refractivity contribution is 5.74. The van der Waals surface area contributed by atoms with Gasteiger partial charge in [0, 0.05) is 38.0 Å². The van der Waals surface area contributed by atoms with Crippen molar-refractivity contribution in [2.24, 2.45) is 0 Å². The molecule has 0 saturated heterocycles. The van der Waals surface area contributed by atoms with E-state index in [0.29, 0.717) is 12.6 Å². The first-order valence-electron chi connectivity index (χ1n) is 10.3. The van der Waals surface area contributed by atoms with Crippen LogP contribution in [0.15, 0.2) is 24.3 Å². The number of carbonyl (C=O) groups excluding carboxylic acids is 1. The zero-order valence-corrected chi connectivity index (χ0v) is 17.1. The number of amides is 1. The lowest BCUT2D eigenvalue weighted by Gasteiger charge is -2.28. The van der Waals surface area contributed by atoms with Crippen molar-refractivity contribution in [2.45, 2.75) is 58.7 Å². The predicted octanol–water partition coefficient (Wildman–Crippen LogP) is 3.16. The Balaban J connectivity index is 1.75. The molecule has 6 nitrogen and oxygen atoms in total. The van der Waals surface area contributed by atoms with Crippen molar-refractivity contribution in [3.05, 3.63) is 41.2 Å². The van der Waals surface area contributed by atoms with E-state index in [9.17, 15) is 4.79 Å². The molecule has 1 amide bonds. The zero-order chi connectivity index (χ0) is 19.7. The average Bonchev–Trinajstić information content (AvgIpc) is 3.48. The second kappa shape index (κ2) is 7.95. The maximum atomic E-state index is 12.2. The number of carbonyl (C=O) groups is 1. The fraction of sp³-hybridized carbons (Fsp3) is 0.545. The van der Waals surface area contributed by atoms with Gasteiger partial charge in [-0.05, 0) is 37.9 Å². The van der Waals surface area contributed by atoms with Crippen LogP contribution in [0, 0.1) is 0 Å². The lowest BCUT2D eigenvalue weighted by atomic mass is 10.0. The molecule has 1 aromatic carbocycles. The van der Waals surface area contributed by atoms with E-state index >= 15 is 0 Å². The van der Waals surface area contributed by atoms with E-state index in [2.05, 4.69) is 22.6 Å². The molecule has 1 aliphatic carbocycles. The van der Waals surface area contributed by atoms with Gasteiger partial charge in [0.25, 0.3) is 0 Å². The molecule has 150 valence electrons. The maximum absolute atomic E-state index is 12.2. The van der Waals surface area contributed by atoms with Crippen molar-refractivity contribution in [1.29, 1.82) is 0 Å². The number of rotatable bonds is 7. The molecule has 2 aromatic rings. The van der Waals surface area contributed by atoms with Gasteiger partial charge in [-0.1, -0.05) is 19.1 Å². The first-order chi connectivity index (χ1) is 13.6. The van der Waals surface area contributed by atoms with E-state index in [1.54, 1.807) is 14.0 Å². The summed E-state index contributed by atoms with van der Waals surface area (Å²) in [5, 5.41) is 5.01. The minimum atomic E-state index is 0.143. The predicted molar refractivity (Wildman–Crippen MR) is 109 cm³/mol. The Morgan fingerprint density at radius 2 is 2.11 bits per heavy atom. The highest BCUT2D eigenvalue weighted by Crippen LogP contribution is 2.33. The van der Waals surface area contributed by atoms with Gasteiger partial charge in [0.05, 0.1) is 25.0 Å². The Bertz CT molecular complexity index is 856. The second-order valence-electron chi connectivity index (χ2n) is 7.86. The Kier molecular flexibility index (Phi) is 5.40. The van der Waals surface area contributed by atoms with Crippen LogP contribution in [0.1, 0.15) is 50.1 Å². The minimum Gasteiger partial charge on any atom is -0.494 e. The van der Waals surface area contributed by atoms with Crippen LogP contribution in [0.4, 0.5) is 0 Å². The molecular formula is C22H30N4O2. The van der Waals surface area contributed by atoms with Crippen LogP contribution in [0.2, 0.25) is 0 Å². The monoisotopic (exact) mass is 382 g/mol. The van der Waals surface area contributed by atoms with E-state index < -0.39 is 0 Å². The van der Waals surface area contributed by atoms with Crippen LogP contribution in [-0.4, -0.2) is 51.7 Å². The highest BCUT2D eigenvalue weighted by atomic mass is 16.5. The number of hydrogen-bond acceptors (Lipinski definition) is 4. The topological polar surface area (TPSA) is 50.6 Å². The molecule has 6 heteroatoms. The van der Waals surface area contributed by atoms with E-state index in [4.69, 9.17) is 9.84 Å². The molecule has 2 heterocycles. The normalized spacial score (nSPS) is 16.7. The molecule has 1 saturated carbocycles. The Labute approximate surface area is 167 Å². The van der Waals surface area contributed by atoms with Crippen molar-refractivity contribution >= 4 is 5.91 Å². The summed E-state index contributed by atoms with van der Waals surface area (Å²) in [4.78, 5) is 16.7. The lowest BCUT2D eigenvalue weighted by molar-refractivity contribution is -0.130. The number of nitrogens with zero attached hydrogens (tertiary/aromatic N) is 4. The summed E-state index contributed by atoms with van der Waals surface area (Å²) in [6.45, 7) is 7.54. The molecule has 28 heavy (non-hydrogen) atoms. The molecule has 0 N–H and O–H groups in total. The van der Waals surface area contributed by atoms with Crippen molar-refractivity contribution in [2.75, 3.05) is 20.2 Å². The molecule has 4 rings (SSSR count). The van der Waals surface area contributed by atoms with Crippen molar-refractivity contribution in [3.63, 3.8) is 0 Å².